The van der Waals surface area contributed by atoms with Crippen molar-refractivity contribution in [1.82, 2.24) is 0 Å². The summed E-state index contributed by atoms with van der Waals surface area (Å²) in [4.78, 5) is 1.19. The van der Waals surface area contributed by atoms with E-state index >= 15 is 0 Å². The standard InChI is InChI=1S/C15H16ClNS/c1-11(17)15(12-5-3-2-4-6-12)18-14-9-7-13(16)8-10-14/h2-11,15H,17H2,1H3. The molecule has 94 valence electrons. The largest absolute Gasteiger partial charge is 0.327 e. The van der Waals surface area contributed by atoms with E-state index in [9.17, 15) is 0 Å². The summed E-state index contributed by atoms with van der Waals surface area (Å²) in [5.74, 6) is 0. The third kappa shape index (κ3) is 3.52. The van der Waals surface area contributed by atoms with Crippen LogP contribution in [0.5, 0.6) is 0 Å². The van der Waals surface area contributed by atoms with Crippen LogP contribution in [-0.4, -0.2) is 6.04 Å². The zero-order valence-corrected chi connectivity index (χ0v) is 11.8. The average molecular weight is 278 g/mol. The van der Waals surface area contributed by atoms with E-state index in [1.165, 1.54) is 10.5 Å². The van der Waals surface area contributed by atoms with Gasteiger partial charge < -0.3 is 5.73 Å². The fourth-order valence-corrected chi connectivity index (χ4v) is 3.00. The Kier molecular flexibility index (Phi) is 4.70. The van der Waals surface area contributed by atoms with Gasteiger partial charge in [0.2, 0.25) is 0 Å². The van der Waals surface area contributed by atoms with E-state index in [0.29, 0.717) is 0 Å². The fourth-order valence-electron chi connectivity index (χ4n) is 1.78. The van der Waals surface area contributed by atoms with Crippen molar-refractivity contribution >= 4 is 23.4 Å². The van der Waals surface area contributed by atoms with E-state index in [1.54, 1.807) is 11.8 Å². The lowest BCUT2D eigenvalue weighted by Crippen LogP contribution is -2.22. The number of hydrogen-bond donors (Lipinski definition) is 1. The Morgan fingerprint density at radius 2 is 1.61 bits per heavy atom. The molecule has 2 unspecified atom stereocenters. The molecule has 0 aliphatic heterocycles. The second-order valence-electron chi connectivity index (χ2n) is 4.26. The van der Waals surface area contributed by atoms with Crippen molar-refractivity contribution < 1.29 is 0 Å². The molecule has 0 spiro atoms. The summed E-state index contributed by atoms with van der Waals surface area (Å²) >= 11 is 7.67. The molecule has 0 aliphatic rings. The number of halogens is 1. The summed E-state index contributed by atoms with van der Waals surface area (Å²) < 4.78 is 0. The first kappa shape index (κ1) is 13.5. The molecule has 2 N–H and O–H groups in total. The van der Waals surface area contributed by atoms with Gasteiger partial charge >= 0.3 is 0 Å². The molecule has 0 heterocycles. The lowest BCUT2D eigenvalue weighted by atomic mass is 10.1. The molecule has 2 aromatic carbocycles. The van der Waals surface area contributed by atoms with E-state index in [4.69, 9.17) is 17.3 Å². The van der Waals surface area contributed by atoms with Crippen molar-refractivity contribution in [1.29, 1.82) is 0 Å². The molecule has 1 nitrogen and oxygen atoms in total. The third-order valence-electron chi connectivity index (χ3n) is 2.68. The van der Waals surface area contributed by atoms with Crippen molar-refractivity contribution in [2.24, 2.45) is 5.73 Å². The van der Waals surface area contributed by atoms with Crippen molar-refractivity contribution in [3.05, 3.63) is 65.2 Å². The molecular weight excluding hydrogens is 262 g/mol. The minimum Gasteiger partial charge on any atom is -0.327 e. The van der Waals surface area contributed by atoms with Gasteiger partial charge in [0.25, 0.3) is 0 Å². The maximum Gasteiger partial charge on any atom is 0.0492 e. The molecular formula is C15H16ClNS. The SMILES string of the molecule is CC(N)C(Sc1ccc(Cl)cc1)c1ccccc1. The molecule has 2 rings (SSSR count). The van der Waals surface area contributed by atoms with Crippen LogP contribution in [-0.2, 0) is 0 Å². The summed E-state index contributed by atoms with van der Waals surface area (Å²) in [5, 5.41) is 1.02. The molecule has 0 saturated carbocycles. The van der Waals surface area contributed by atoms with Crippen LogP contribution in [0.3, 0.4) is 0 Å². The highest BCUT2D eigenvalue weighted by atomic mass is 35.5. The first-order valence-corrected chi connectivity index (χ1v) is 7.15. The number of nitrogens with two attached hydrogens (primary N) is 1. The molecule has 0 saturated heterocycles. The van der Waals surface area contributed by atoms with Gasteiger partial charge in [-0.15, -0.1) is 11.8 Å². The molecule has 0 fully saturated rings. The van der Waals surface area contributed by atoms with E-state index in [2.05, 4.69) is 12.1 Å². The summed E-state index contributed by atoms with van der Waals surface area (Å²) in [5.41, 5.74) is 7.36. The lowest BCUT2D eigenvalue weighted by Gasteiger charge is -2.20. The molecule has 0 aromatic heterocycles. The Bertz CT molecular complexity index is 482. The van der Waals surface area contributed by atoms with Crippen LogP contribution in [0.25, 0.3) is 0 Å². The Balaban J connectivity index is 2.19. The Morgan fingerprint density at radius 1 is 1.00 bits per heavy atom. The van der Waals surface area contributed by atoms with Crippen LogP contribution < -0.4 is 5.73 Å². The smallest absolute Gasteiger partial charge is 0.0492 e. The average Bonchev–Trinajstić information content (AvgIpc) is 2.38. The van der Waals surface area contributed by atoms with Gasteiger partial charge in [-0.3, -0.25) is 0 Å². The molecule has 18 heavy (non-hydrogen) atoms. The Morgan fingerprint density at radius 3 is 2.17 bits per heavy atom. The molecule has 2 atom stereocenters. The van der Waals surface area contributed by atoms with Crippen LogP contribution in [0, 0.1) is 0 Å². The minimum atomic E-state index is 0.0908. The van der Waals surface area contributed by atoms with Gasteiger partial charge in [0.05, 0.1) is 0 Å². The number of rotatable bonds is 4. The third-order valence-corrected chi connectivity index (χ3v) is 4.43. The van der Waals surface area contributed by atoms with Crippen molar-refractivity contribution in [3.8, 4) is 0 Å². The molecule has 0 bridgehead atoms. The monoisotopic (exact) mass is 277 g/mol. The first-order chi connectivity index (χ1) is 8.66. The fraction of sp³-hybridized carbons (Fsp3) is 0.200. The Labute approximate surface area is 117 Å². The van der Waals surface area contributed by atoms with Crippen LogP contribution in [0.1, 0.15) is 17.7 Å². The highest BCUT2D eigenvalue weighted by Gasteiger charge is 2.17. The highest BCUT2D eigenvalue weighted by molar-refractivity contribution is 7.99. The van der Waals surface area contributed by atoms with Gasteiger partial charge in [0.15, 0.2) is 0 Å². The molecule has 2 aromatic rings. The zero-order valence-electron chi connectivity index (χ0n) is 10.2. The normalized spacial score (nSPS) is 14.2. The van der Waals surface area contributed by atoms with Crippen LogP contribution in [0.15, 0.2) is 59.5 Å². The maximum absolute atomic E-state index is 6.10. The molecule has 3 heteroatoms. The number of hydrogen-bond acceptors (Lipinski definition) is 2. The van der Waals surface area contributed by atoms with Crippen molar-refractivity contribution in [2.45, 2.75) is 23.1 Å². The Hall–Kier alpha value is -0.960. The van der Waals surface area contributed by atoms with Gasteiger partial charge in [-0.25, -0.2) is 0 Å². The van der Waals surface area contributed by atoms with E-state index < -0.39 is 0 Å². The van der Waals surface area contributed by atoms with Gasteiger partial charge in [-0.2, -0.15) is 0 Å². The topological polar surface area (TPSA) is 26.0 Å². The number of benzene rings is 2. The molecule has 0 amide bonds. The van der Waals surface area contributed by atoms with Crippen molar-refractivity contribution in [3.63, 3.8) is 0 Å². The van der Waals surface area contributed by atoms with E-state index in [0.717, 1.165) is 5.02 Å². The second-order valence-corrected chi connectivity index (χ2v) is 5.91. The van der Waals surface area contributed by atoms with Crippen molar-refractivity contribution in [2.75, 3.05) is 0 Å². The highest BCUT2D eigenvalue weighted by Crippen LogP contribution is 2.37. The zero-order chi connectivity index (χ0) is 13.0. The summed E-state index contributed by atoms with van der Waals surface area (Å²) in [6.45, 7) is 2.04. The van der Waals surface area contributed by atoms with Crippen LogP contribution in [0.4, 0.5) is 0 Å². The quantitative estimate of drug-likeness (QED) is 0.832. The van der Waals surface area contributed by atoms with Gasteiger partial charge in [0.1, 0.15) is 0 Å². The van der Waals surface area contributed by atoms with Gasteiger partial charge in [0, 0.05) is 21.2 Å². The summed E-state index contributed by atoms with van der Waals surface area (Å²) in [6, 6.07) is 18.3. The predicted octanol–water partition coefficient (Wildman–Crippen LogP) is 4.52. The number of thioether (sulfide) groups is 1. The van der Waals surface area contributed by atoms with Gasteiger partial charge in [-0.1, -0.05) is 41.9 Å². The second kappa shape index (κ2) is 6.28. The van der Waals surface area contributed by atoms with Crippen LogP contribution >= 0.6 is 23.4 Å². The minimum absolute atomic E-state index is 0.0908. The van der Waals surface area contributed by atoms with Gasteiger partial charge in [-0.05, 0) is 36.8 Å². The molecule has 0 radical (unpaired) electrons. The molecule has 0 aliphatic carbocycles. The van der Waals surface area contributed by atoms with Crippen LogP contribution in [0.2, 0.25) is 5.02 Å². The summed E-state index contributed by atoms with van der Waals surface area (Å²) in [6.07, 6.45) is 0. The summed E-state index contributed by atoms with van der Waals surface area (Å²) in [7, 11) is 0. The first-order valence-electron chi connectivity index (χ1n) is 5.89. The lowest BCUT2D eigenvalue weighted by molar-refractivity contribution is 0.721. The van der Waals surface area contributed by atoms with E-state index in [-0.39, 0.29) is 11.3 Å². The predicted molar refractivity (Wildman–Crippen MR) is 80.1 cm³/mol. The van der Waals surface area contributed by atoms with E-state index in [1.807, 2.05) is 49.4 Å². The maximum atomic E-state index is 6.10.